The lowest BCUT2D eigenvalue weighted by molar-refractivity contribution is -0.176. The van der Waals surface area contributed by atoms with E-state index in [4.69, 9.17) is 15.2 Å². The van der Waals surface area contributed by atoms with E-state index >= 15 is 0 Å². The van der Waals surface area contributed by atoms with E-state index in [1.807, 2.05) is 11.8 Å². The van der Waals surface area contributed by atoms with Crippen LogP contribution < -0.4 is 5.73 Å². The second kappa shape index (κ2) is 6.41. The maximum Gasteiger partial charge on any atom is 0.169 e. The van der Waals surface area contributed by atoms with Crippen LogP contribution in [-0.2, 0) is 9.47 Å². The van der Waals surface area contributed by atoms with E-state index in [2.05, 4.69) is 6.92 Å². The van der Waals surface area contributed by atoms with E-state index < -0.39 is 0 Å². The van der Waals surface area contributed by atoms with Crippen molar-refractivity contribution in [2.75, 3.05) is 19.0 Å². The Bertz CT molecular complexity index is 231. The maximum absolute atomic E-state index is 6.21. The molecular formula is C13H25NO2S. The molecule has 2 aliphatic rings. The lowest BCUT2D eigenvalue weighted by atomic mass is 9.90. The zero-order valence-corrected chi connectivity index (χ0v) is 11.6. The van der Waals surface area contributed by atoms with Gasteiger partial charge in [-0.3, -0.25) is 0 Å². The largest absolute Gasteiger partial charge is 0.347 e. The summed E-state index contributed by atoms with van der Waals surface area (Å²) in [6.07, 6.45) is 6.90. The van der Waals surface area contributed by atoms with Gasteiger partial charge in [0.15, 0.2) is 5.79 Å². The van der Waals surface area contributed by atoms with Crippen LogP contribution in [0.5, 0.6) is 0 Å². The van der Waals surface area contributed by atoms with Crippen molar-refractivity contribution < 1.29 is 9.47 Å². The van der Waals surface area contributed by atoms with Crippen molar-refractivity contribution in [1.29, 1.82) is 0 Å². The average molecular weight is 259 g/mol. The molecule has 100 valence electrons. The van der Waals surface area contributed by atoms with Crippen molar-refractivity contribution in [2.24, 2.45) is 5.73 Å². The third-order valence-electron chi connectivity index (χ3n) is 3.74. The molecule has 1 aliphatic carbocycles. The summed E-state index contributed by atoms with van der Waals surface area (Å²) in [4.78, 5) is 0. The van der Waals surface area contributed by atoms with Crippen LogP contribution in [0.25, 0.3) is 0 Å². The molecule has 1 heterocycles. The monoisotopic (exact) mass is 259 g/mol. The van der Waals surface area contributed by atoms with Crippen molar-refractivity contribution in [3.8, 4) is 0 Å². The van der Waals surface area contributed by atoms with Crippen LogP contribution in [-0.4, -0.2) is 36.0 Å². The van der Waals surface area contributed by atoms with Gasteiger partial charge in [0, 0.05) is 24.1 Å². The summed E-state index contributed by atoms with van der Waals surface area (Å²) in [5.41, 5.74) is 6.21. The molecule has 4 heteroatoms. The Labute approximate surface area is 109 Å². The molecule has 0 aromatic carbocycles. The molecular weight excluding hydrogens is 234 g/mol. The Balaban J connectivity index is 1.78. The number of thioether (sulfide) groups is 1. The minimum absolute atomic E-state index is 0.279. The van der Waals surface area contributed by atoms with Gasteiger partial charge in [-0.05, 0) is 18.6 Å². The molecule has 2 N–H and O–H groups in total. The third kappa shape index (κ3) is 3.60. The van der Waals surface area contributed by atoms with Crippen molar-refractivity contribution in [2.45, 2.75) is 62.5 Å². The van der Waals surface area contributed by atoms with Gasteiger partial charge >= 0.3 is 0 Å². The maximum atomic E-state index is 6.21. The molecule has 17 heavy (non-hydrogen) atoms. The standard InChI is InChI=1S/C13H25NO2S/c1-2-3-4-9-17-12-10-13(6-5-11(12)14)15-7-8-16-13/h11-12H,2-10,14H2,1H3. The first-order valence-corrected chi connectivity index (χ1v) is 7.96. The Morgan fingerprint density at radius 1 is 1.29 bits per heavy atom. The van der Waals surface area contributed by atoms with E-state index in [1.54, 1.807) is 0 Å². The van der Waals surface area contributed by atoms with Crippen molar-refractivity contribution in [3.63, 3.8) is 0 Å². The Morgan fingerprint density at radius 3 is 2.76 bits per heavy atom. The fourth-order valence-electron chi connectivity index (χ4n) is 2.66. The highest BCUT2D eigenvalue weighted by Gasteiger charge is 2.44. The molecule has 1 saturated heterocycles. The van der Waals surface area contributed by atoms with Gasteiger partial charge in [-0.15, -0.1) is 0 Å². The minimum atomic E-state index is -0.279. The van der Waals surface area contributed by atoms with Crippen molar-refractivity contribution in [1.82, 2.24) is 0 Å². The predicted molar refractivity (Wildman–Crippen MR) is 72.2 cm³/mol. The molecule has 1 spiro atoms. The molecule has 1 aliphatic heterocycles. The number of unbranched alkanes of at least 4 members (excludes halogenated alkanes) is 2. The van der Waals surface area contributed by atoms with Crippen LogP contribution in [0.1, 0.15) is 45.4 Å². The summed E-state index contributed by atoms with van der Waals surface area (Å²) < 4.78 is 11.6. The zero-order valence-electron chi connectivity index (χ0n) is 10.8. The van der Waals surface area contributed by atoms with Crippen LogP contribution in [0, 0.1) is 0 Å². The van der Waals surface area contributed by atoms with Crippen molar-refractivity contribution in [3.05, 3.63) is 0 Å². The molecule has 3 nitrogen and oxygen atoms in total. The Hall–Kier alpha value is 0.230. The van der Waals surface area contributed by atoms with Gasteiger partial charge in [0.25, 0.3) is 0 Å². The Morgan fingerprint density at radius 2 is 2.06 bits per heavy atom. The van der Waals surface area contributed by atoms with E-state index in [1.165, 1.54) is 25.0 Å². The molecule has 2 rings (SSSR count). The predicted octanol–water partition coefficient (Wildman–Crippen LogP) is 2.53. The third-order valence-corrected chi connectivity index (χ3v) is 5.21. The number of ether oxygens (including phenoxy) is 2. The second-order valence-corrected chi connectivity index (χ2v) is 6.48. The number of nitrogens with two attached hydrogens (primary N) is 1. The number of rotatable bonds is 5. The van der Waals surface area contributed by atoms with Gasteiger partial charge in [0.2, 0.25) is 0 Å². The second-order valence-electron chi connectivity index (χ2n) is 5.13. The Kier molecular flexibility index (Phi) is 5.15. The molecule has 0 aromatic rings. The molecule has 0 amide bonds. The topological polar surface area (TPSA) is 44.5 Å². The summed E-state index contributed by atoms with van der Waals surface area (Å²) in [6, 6.07) is 0.319. The molecule has 2 unspecified atom stereocenters. The van der Waals surface area contributed by atoms with E-state index in [0.717, 1.165) is 32.5 Å². The van der Waals surface area contributed by atoms with E-state index in [0.29, 0.717) is 11.3 Å². The van der Waals surface area contributed by atoms with Gasteiger partial charge < -0.3 is 15.2 Å². The van der Waals surface area contributed by atoms with Gasteiger partial charge in [0.05, 0.1) is 13.2 Å². The smallest absolute Gasteiger partial charge is 0.169 e. The van der Waals surface area contributed by atoms with Gasteiger partial charge in [0.1, 0.15) is 0 Å². The van der Waals surface area contributed by atoms with E-state index in [9.17, 15) is 0 Å². The van der Waals surface area contributed by atoms with Crippen LogP contribution in [0.2, 0.25) is 0 Å². The lowest BCUT2D eigenvalue weighted by Crippen LogP contribution is -2.47. The normalized spacial score (nSPS) is 32.1. The zero-order chi connectivity index (χ0) is 12.1. The van der Waals surface area contributed by atoms with Gasteiger partial charge in [-0.2, -0.15) is 11.8 Å². The average Bonchev–Trinajstić information content (AvgIpc) is 2.78. The minimum Gasteiger partial charge on any atom is -0.347 e. The van der Waals surface area contributed by atoms with Crippen molar-refractivity contribution >= 4 is 11.8 Å². The SMILES string of the molecule is CCCCCSC1CC2(CCC1N)OCCO2. The molecule has 0 aromatic heterocycles. The summed E-state index contributed by atoms with van der Waals surface area (Å²) in [7, 11) is 0. The van der Waals surface area contributed by atoms with Crippen LogP contribution in [0.15, 0.2) is 0 Å². The highest BCUT2D eigenvalue weighted by atomic mass is 32.2. The highest BCUT2D eigenvalue weighted by molar-refractivity contribution is 7.99. The first-order valence-electron chi connectivity index (χ1n) is 6.91. The lowest BCUT2D eigenvalue weighted by Gasteiger charge is -2.39. The fraction of sp³-hybridized carbons (Fsp3) is 1.00. The number of hydrogen-bond donors (Lipinski definition) is 1. The summed E-state index contributed by atoms with van der Waals surface area (Å²) in [6.45, 7) is 3.75. The summed E-state index contributed by atoms with van der Waals surface area (Å²) >= 11 is 2.02. The fourth-order valence-corrected chi connectivity index (χ4v) is 4.09. The number of hydrogen-bond acceptors (Lipinski definition) is 4. The summed E-state index contributed by atoms with van der Waals surface area (Å²) in [5.74, 6) is 0.945. The van der Waals surface area contributed by atoms with Gasteiger partial charge in [-0.1, -0.05) is 19.8 Å². The molecule has 1 saturated carbocycles. The first-order chi connectivity index (χ1) is 8.26. The quantitative estimate of drug-likeness (QED) is 0.771. The first kappa shape index (κ1) is 13.7. The highest BCUT2D eigenvalue weighted by Crippen LogP contribution is 2.39. The molecule has 0 radical (unpaired) electrons. The van der Waals surface area contributed by atoms with E-state index in [-0.39, 0.29) is 5.79 Å². The van der Waals surface area contributed by atoms with Crippen LogP contribution >= 0.6 is 11.8 Å². The summed E-state index contributed by atoms with van der Waals surface area (Å²) in [5, 5.41) is 0.513. The van der Waals surface area contributed by atoms with Crippen LogP contribution in [0.3, 0.4) is 0 Å². The molecule has 2 fully saturated rings. The molecule has 2 atom stereocenters. The molecule has 0 bridgehead atoms. The van der Waals surface area contributed by atoms with Crippen LogP contribution in [0.4, 0.5) is 0 Å². The van der Waals surface area contributed by atoms with Gasteiger partial charge in [-0.25, -0.2) is 0 Å².